The van der Waals surface area contributed by atoms with E-state index in [0.717, 1.165) is 41.5 Å². The van der Waals surface area contributed by atoms with Gasteiger partial charge in [0.1, 0.15) is 5.75 Å². The van der Waals surface area contributed by atoms with Gasteiger partial charge in [-0.25, -0.2) is 0 Å². The number of halogens is 1. The van der Waals surface area contributed by atoms with E-state index in [2.05, 4.69) is 9.88 Å². The normalized spacial score (nSPS) is 16.4. The summed E-state index contributed by atoms with van der Waals surface area (Å²) in [4.78, 5) is 20.7. The van der Waals surface area contributed by atoms with Crippen molar-refractivity contribution in [2.24, 2.45) is 0 Å². The maximum Gasteiger partial charge on any atom is 0.223 e. The average molecular weight is 412 g/mol. The summed E-state index contributed by atoms with van der Waals surface area (Å²) in [5.41, 5.74) is 4.14. The number of benzene rings is 2. The molecule has 1 aliphatic heterocycles. The third kappa shape index (κ3) is 3.98. The Morgan fingerprint density at radius 3 is 2.86 bits per heavy atom. The number of H-pyrrole nitrogens is 1. The predicted octanol–water partition coefficient (Wildman–Crippen LogP) is 4.34. The summed E-state index contributed by atoms with van der Waals surface area (Å²) in [6, 6.07) is 12.8. The van der Waals surface area contributed by atoms with E-state index in [0.29, 0.717) is 18.0 Å². The molecule has 1 atom stereocenters. The zero-order chi connectivity index (χ0) is 20.5. The van der Waals surface area contributed by atoms with Crippen LogP contribution < -0.4 is 0 Å². The van der Waals surface area contributed by atoms with E-state index >= 15 is 0 Å². The van der Waals surface area contributed by atoms with Crippen molar-refractivity contribution < 1.29 is 9.90 Å². The van der Waals surface area contributed by atoms with Gasteiger partial charge in [0.2, 0.25) is 5.91 Å². The molecule has 0 aliphatic carbocycles. The molecule has 0 saturated carbocycles. The number of fused-ring (bicyclic) bond motifs is 3. The SMILES string of the molecule is CN(C)CCCC(=O)N1CCc2c([nH]c3ccc(Cl)cc23)C1c1cccc(O)c1. The first-order valence-corrected chi connectivity index (χ1v) is 10.3. The Balaban J connectivity index is 1.75. The quantitative estimate of drug-likeness (QED) is 0.656. The highest BCUT2D eigenvalue weighted by atomic mass is 35.5. The van der Waals surface area contributed by atoms with E-state index in [1.54, 1.807) is 12.1 Å². The summed E-state index contributed by atoms with van der Waals surface area (Å²) in [6.07, 6.45) is 2.11. The van der Waals surface area contributed by atoms with Crippen molar-refractivity contribution in [3.63, 3.8) is 0 Å². The van der Waals surface area contributed by atoms with Crippen molar-refractivity contribution in [3.8, 4) is 5.75 Å². The molecular formula is C23H26ClN3O2. The number of hydrogen-bond acceptors (Lipinski definition) is 3. The third-order valence-electron chi connectivity index (χ3n) is 5.59. The highest BCUT2D eigenvalue weighted by molar-refractivity contribution is 6.31. The van der Waals surface area contributed by atoms with Crippen LogP contribution in [0.15, 0.2) is 42.5 Å². The molecular weight excluding hydrogens is 386 g/mol. The van der Waals surface area contributed by atoms with E-state index in [1.807, 2.05) is 49.3 Å². The summed E-state index contributed by atoms with van der Waals surface area (Å²) in [5, 5.41) is 11.9. The molecule has 152 valence electrons. The Morgan fingerprint density at radius 2 is 2.10 bits per heavy atom. The monoisotopic (exact) mass is 411 g/mol. The van der Waals surface area contributed by atoms with Crippen molar-refractivity contribution in [1.29, 1.82) is 0 Å². The largest absolute Gasteiger partial charge is 0.508 e. The fourth-order valence-corrected chi connectivity index (χ4v) is 4.43. The smallest absolute Gasteiger partial charge is 0.223 e. The lowest BCUT2D eigenvalue weighted by atomic mass is 9.92. The Hall–Kier alpha value is -2.50. The van der Waals surface area contributed by atoms with Crippen LogP contribution in [0, 0.1) is 0 Å². The molecule has 4 rings (SSSR count). The topological polar surface area (TPSA) is 59.6 Å². The Labute approximate surface area is 175 Å². The molecule has 0 bridgehead atoms. The van der Waals surface area contributed by atoms with Crippen LogP contribution in [0.5, 0.6) is 5.75 Å². The minimum absolute atomic E-state index is 0.141. The van der Waals surface area contributed by atoms with Crippen LogP contribution in [0.4, 0.5) is 0 Å². The second-order valence-electron chi connectivity index (χ2n) is 7.95. The molecule has 5 nitrogen and oxygen atoms in total. The van der Waals surface area contributed by atoms with E-state index in [-0.39, 0.29) is 17.7 Å². The summed E-state index contributed by atoms with van der Waals surface area (Å²) >= 11 is 6.24. The number of rotatable bonds is 5. The van der Waals surface area contributed by atoms with Gasteiger partial charge in [-0.15, -0.1) is 0 Å². The zero-order valence-corrected chi connectivity index (χ0v) is 17.5. The van der Waals surface area contributed by atoms with Crippen molar-refractivity contribution >= 4 is 28.4 Å². The molecule has 3 aromatic rings. The minimum atomic E-state index is -0.246. The van der Waals surface area contributed by atoms with Gasteiger partial charge >= 0.3 is 0 Å². The number of aromatic nitrogens is 1. The summed E-state index contributed by atoms with van der Waals surface area (Å²) in [7, 11) is 4.03. The first-order valence-electron chi connectivity index (χ1n) is 9.97. The Morgan fingerprint density at radius 1 is 1.28 bits per heavy atom. The van der Waals surface area contributed by atoms with Crippen molar-refractivity contribution in [2.75, 3.05) is 27.2 Å². The van der Waals surface area contributed by atoms with Crippen LogP contribution >= 0.6 is 11.6 Å². The Bertz CT molecular complexity index is 1040. The van der Waals surface area contributed by atoms with E-state index in [4.69, 9.17) is 11.6 Å². The van der Waals surface area contributed by atoms with Gasteiger partial charge in [-0.1, -0.05) is 23.7 Å². The molecule has 0 spiro atoms. The Kier molecular flexibility index (Phi) is 5.52. The van der Waals surface area contributed by atoms with Crippen LogP contribution in [-0.2, 0) is 11.2 Å². The number of aromatic amines is 1. The van der Waals surface area contributed by atoms with Crippen LogP contribution in [0.2, 0.25) is 5.02 Å². The van der Waals surface area contributed by atoms with Gasteiger partial charge < -0.3 is 19.9 Å². The molecule has 1 unspecified atom stereocenters. The van der Waals surface area contributed by atoms with Crippen molar-refractivity contribution in [2.45, 2.75) is 25.3 Å². The van der Waals surface area contributed by atoms with E-state index in [9.17, 15) is 9.90 Å². The first kappa shape index (κ1) is 19.8. The zero-order valence-electron chi connectivity index (χ0n) is 16.8. The van der Waals surface area contributed by atoms with Gasteiger partial charge in [-0.2, -0.15) is 0 Å². The van der Waals surface area contributed by atoms with E-state index < -0.39 is 0 Å². The molecule has 1 amide bonds. The molecule has 0 saturated heterocycles. The number of carbonyl (C=O) groups excluding carboxylic acids is 1. The number of nitrogens with one attached hydrogen (secondary N) is 1. The molecule has 2 aromatic carbocycles. The fourth-order valence-electron chi connectivity index (χ4n) is 4.26. The number of carbonyl (C=O) groups is 1. The van der Waals surface area contributed by atoms with Gasteiger partial charge in [0.15, 0.2) is 0 Å². The highest BCUT2D eigenvalue weighted by Gasteiger charge is 2.34. The van der Waals surface area contributed by atoms with Gasteiger partial charge in [0, 0.05) is 34.6 Å². The third-order valence-corrected chi connectivity index (χ3v) is 5.83. The second-order valence-corrected chi connectivity index (χ2v) is 8.39. The fraction of sp³-hybridized carbons (Fsp3) is 0.348. The molecule has 0 fully saturated rings. The van der Waals surface area contributed by atoms with E-state index in [1.165, 1.54) is 5.56 Å². The lowest BCUT2D eigenvalue weighted by Crippen LogP contribution is -2.40. The number of hydrogen-bond donors (Lipinski definition) is 2. The number of nitrogens with zero attached hydrogens (tertiary/aromatic N) is 2. The van der Waals surface area contributed by atoms with Crippen LogP contribution in [0.25, 0.3) is 10.9 Å². The average Bonchev–Trinajstić information content (AvgIpc) is 3.04. The van der Waals surface area contributed by atoms with Gasteiger partial charge in [-0.05, 0) is 74.9 Å². The molecule has 29 heavy (non-hydrogen) atoms. The summed E-state index contributed by atoms with van der Waals surface area (Å²) in [6.45, 7) is 1.53. The molecule has 1 aromatic heterocycles. The van der Waals surface area contributed by atoms with Crippen molar-refractivity contribution in [1.82, 2.24) is 14.8 Å². The minimum Gasteiger partial charge on any atom is -0.508 e. The highest BCUT2D eigenvalue weighted by Crippen LogP contribution is 2.40. The lowest BCUT2D eigenvalue weighted by molar-refractivity contribution is -0.133. The molecule has 0 radical (unpaired) electrons. The van der Waals surface area contributed by atoms with Crippen LogP contribution in [0.1, 0.15) is 35.7 Å². The van der Waals surface area contributed by atoms with Crippen LogP contribution in [0.3, 0.4) is 0 Å². The molecule has 2 heterocycles. The predicted molar refractivity (Wildman–Crippen MR) is 116 cm³/mol. The lowest BCUT2D eigenvalue weighted by Gasteiger charge is -2.36. The maximum absolute atomic E-state index is 13.1. The number of phenolic OH excluding ortho intramolecular Hbond substituents is 1. The van der Waals surface area contributed by atoms with Crippen molar-refractivity contribution in [3.05, 3.63) is 64.3 Å². The number of amides is 1. The maximum atomic E-state index is 13.1. The molecule has 2 N–H and O–H groups in total. The standard InChI is InChI=1S/C23H26ClN3O2/c1-26(2)11-4-7-21(29)27-12-10-18-19-14-16(24)8-9-20(19)25-22(18)23(27)15-5-3-6-17(28)13-15/h3,5-6,8-9,13-14,23,25,28H,4,7,10-12H2,1-2H3. The van der Waals surface area contributed by atoms with Gasteiger partial charge in [0.25, 0.3) is 0 Å². The summed E-state index contributed by atoms with van der Waals surface area (Å²) < 4.78 is 0. The van der Waals surface area contributed by atoms with Crippen LogP contribution in [-0.4, -0.2) is 53.0 Å². The molecule has 6 heteroatoms. The molecule has 1 aliphatic rings. The second kappa shape index (κ2) is 8.09. The van der Waals surface area contributed by atoms with Gasteiger partial charge in [0.05, 0.1) is 6.04 Å². The number of aromatic hydroxyl groups is 1. The first-order chi connectivity index (χ1) is 13.9. The summed E-state index contributed by atoms with van der Waals surface area (Å²) in [5.74, 6) is 0.344. The van der Waals surface area contributed by atoms with Gasteiger partial charge in [-0.3, -0.25) is 4.79 Å². The number of phenols is 1.